The summed E-state index contributed by atoms with van der Waals surface area (Å²) in [5, 5.41) is 11.4. The molecule has 4 rings (SSSR count). The van der Waals surface area contributed by atoms with E-state index in [1.165, 1.54) is 18.2 Å². The van der Waals surface area contributed by atoms with E-state index in [2.05, 4.69) is 0 Å². The number of para-hydroxylation sites is 2. The maximum absolute atomic E-state index is 13.7. The first-order valence-electron chi connectivity index (χ1n) is 12.2. The molecule has 1 amide bonds. The quantitative estimate of drug-likeness (QED) is 0.183. The number of benzene rings is 3. The minimum absolute atomic E-state index is 0.0139. The van der Waals surface area contributed by atoms with Crippen molar-refractivity contribution in [2.75, 3.05) is 6.54 Å². The molecule has 1 aromatic heterocycles. The largest absolute Gasteiger partial charge is 0.330 e. The first-order valence-corrected chi connectivity index (χ1v) is 12.2. The van der Waals surface area contributed by atoms with Crippen LogP contribution >= 0.6 is 0 Å². The third-order valence-electron chi connectivity index (χ3n) is 6.40. The predicted octanol–water partition coefficient (Wildman–Crippen LogP) is 5.48. The molecule has 188 valence electrons. The zero-order valence-electron chi connectivity index (χ0n) is 21.0. The summed E-state index contributed by atoms with van der Waals surface area (Å²) in [6, 6.07) is 20.4. The number of aromatic nitrogens is 2. The normalized spacial score (nSPS) is 12.1. The van der Waals surface area contributed by atoms with Crippen molar-refractivity contribution in [2.45, 2.75) is 33.2 Å². The van der Waals surface area contributed by atoms with Gasteiger partial charge in [0.05, 0.1) is 27.6 Å². The van der Waals surface area contributed by atoms with Crippen LogP contribution in [0.3, 0.4) is 0 Å². The van der Waals surface area contributed by atoms with E-state index in [-0.39, 0.29) is 17.2 Å². The Morgan fingerprint density at radius 2 is 1.73 bits per heavy atom. The van der Waals surface area contributed by atoms with Crippen LogP contribution in [0.15, 0.2) is 83.7 Å². The number of fused-ring (bicyclic) bond motifs is 1. The van der Waals surface area contributed by atoms with Gasteiger partial charge < -0.3 is 4.90 Å². The lowest BCUT2D eigenvalue weighted by Gasteiger charge is -2.29. The van der Waals surface area contributed by atoms with Gasteiger partial charge in [-0.25, -0.2) is 4.98 Å². The number of non-ortho nitro benzene ring substituents is 1. The molecule has 0 aliphatic rings. The van der Waals surface area contributed by atoms with Gasteiger partial charge in [0.15, 0.2) is 0 Å². The molecule has 8 heteroatoms. The van der Waals surface area contributed by atoms with Crippen molar-refractivity contribution in [1.82, 2.24) is 14.5 Å². The molecule has 37 heavy (non-hydrogen) atoms. The summed E-state index contributed by atoms with van der Waals surface area (Å²) in [5.74, 6) is 0.217. The predicted molar refractivity (Wildman–Crippen MR) is 145 cm³/mol. The molecular weight excluding hydrogens is 468 g/mol. The molecule has 0 saturated heterocycles. The Labute approximate surface area is 214 Å². The lowest BCUT2D eigenvalue weighted by atomic mass is 10.1. The van der Waals surface area contributed by atoms with Crippen LogP contribution in [0.25, 0.3) is 22.7 Å². The summed E-state index contributed by atoms with van der Waals surface area (Å²) in [6.07, 6.45) is 3.79. The maximum atomic E-state index is 13.7. The van der Waals surface area contributed by atoms with E-state index in [4.69, 9.17) is 4.98 Å². The highest BCUT2D eigenvalue weighted by Gasteiger charge is 2.25. The van der Waals surface area contributed by atoms with E-state index in [1.807, 2.05) is 57.2 Å². The van der Waals surface area contributed by atoms with Crippen LogP contribution in [0.5, 0.6) is 0 Å². The van der Waals surface area contributed by atoms with Crippen molar-refractivity contribution in [3.05, 3.63) is 116 Å². The molecule has 0 spiro atoms. The topological polar surface area (TPSA) is 98.3 Å². The number of nitro groups is 1. The van der Waals surface area contributed by atoms with Gasteiger partial charge in [0, 0.05) is 24.8 Å². The zero-order chi connectivity index (χ0) is 26.5. The van der Waals surface area contributed by atoms with Crippen LogP contribution in [-0.4, -0.2) is 31.8 Å². The van der Waals surface area contributed by atoms with E-state index < -0.39 is 11.0 Å². The van der Waals surface area contributed by atoms with Gasteiger partial charge in [-0.3, -0.25) is 24.3 Å². The van der Waals surface area contributed by atoms with Crippen molar-refractivity contribution in [2.24, 2.45) is 0 Å². The lowest BCUT2D eigenvalue weighted by molar-refractivity contribution is -0.384. The van der Waals surface area contributed by atoms with E-state index in [0.717, 1.165) is 17.7 Å². The molecule has 0 N–H and O–H groups in total. The summed E-state index contributed by atoms with van der Waals surface area (Å²) in [4.78, 5) is 43.9. The van der Waals surface area contributed by atoms with Gasteiger partial charge in [-0.05, 0) is 67.8 Å². The molecule has 4 aromatic rings. The van der Waals surface area contributed by atoms with Gasteiger partial charge in [0.1, 0.15) is 5.82 Å². The van der Waals surface area contributed by atoms with Crippen molar-refractivity contribution in [3.8, 4) is 5.69 Å². The average molecular weight is 497 g/mol. The Kier molecular flexibility index (Phi) is 7.57. The molecule has 1 unspecified atom stereocenters. The van der Waals surface area contributed by atoms with Crippen molar-refractivity contribution in [1.29, 1.82) is 0 Å². The summed E-state index contributed by atoms with van der Waals surface area (Å²) in [5.41, 5.74) is 2.80. The molecule has 1 atom stereocenters. The molecule has 0 radical (unpaired) electrons. The van der Waals surface area contributed by atoms with Crippen LogP contribution in [-0.2, 0) is 11.2 Å². The Morgan fingerprint density at radius 3 is 2.41 bits per heavy atom. The molecule has 0 bridgehead atoms. The smallest absolute Gasteiger partial charge is 0.269 e. The SMILES string of the molecule is CCc1ccccc1-n1c(C(C)N(CC)C(=O)/C=C/c2ccc([N+](=O)[O-])cc2)nc2ccccc2c1=O. The van der Waals surface area contributed by atoms with Crippen molar-refractivity contribution in [3.63, 3.8) is 0 Å². The highest BCUT2D eigenvalue weighted by molar-refractivity contribution is 5.92. The number of hydrogen-bond donors (Lipinski definition) is 0. The average Bonchev–Trinajstić information content (AvgIpc) is 2.92. The van der Waals surface area contributed by atoms with Crippen LogP contribution in [0.2, 0.25) is 0 Å². The highest BCUT2D eigenvalue weighted by Crippen LogP contribution is 2.25. The number of hydrogen-bond acceptors (Lipinski definition) is 5. The molecule has 1 heterocycles. The number of amides is 1. The Hall–Kier alpha value is -4.59. The molecule has 0 saturated carbocycles. The first-order chi connectivity index (χ1) is 17.8. The number of aryl methyl sites for hydroxylation is 1. The highest BCUT2D eigenvalue weighted by atomic mass is 16.6. The van der Waals surface area contributed by atoms with Gasteiger partial charge in [-0.1, -0.05) is 37.3 Å². The van der Waals surface area contributed by atoms with Gasteiger partial charge in [-0.2, -0.15) is 0 Å². The number of likely N-dealkylation sites (N-methyl/N-ethyl adjacent to an activating group) is 1. The molecule has 0 aliphatic heterocycles. The fourth-order valence-corrected chi connectivity index (χ4v) is 4.42. The monoisotopic (exact) mass is 496 g/mol. The number of carbonyl (C=O) groups excluding carboxylic acids is 1. The fraction of sp³-hybridized carbons (Fsp3) is 0.207. The number of rotatable bonds is 8. The van der Waals surface area contributed by atoms with E-state index in [9.17, 15) is 19.7 Å². The summed E-state index contributed by atoms with van der Waals surface area (Å²) < 4.78 is 1.63. The number of carbonyl (C=O) groups is 1. The zero-order valence-corrected chi connectivity index (χ0v) is 21.0. The van der Waals surface area contributed by atoms with Crippen LogP contribution in [0.4, 0.5) is 5.69 Å². The molecule has 8 nitrogen and oxygen atoms in total. The number of nitrogens with zero attached hydrogens (tertiary/aromatic N) is 4. The lowest BCUT2D eigenvalue weighted by Crippen LogP contribution is -2.36. The van der Waals surface area contributed by atoms with Gasteiger partial charge in [0.2, 0.25) is 5.91 Å². The summed E-state index contributed by atoms with van der Waals surface area (Å²) >= 11 is 0. The first kappa shape index (κ1) is 25.5. The number of nitro benzene ring substituents is 1. The van der Waals surface area contributed by atoms with Gasteiger partial charge >= 0.3 is 0 Å². The third-order valence-corrected chi connectivity index (χ3v) is 6.40. The Bertz CT molecular complexity index is 1540. The van der Waals surface area contributed by atoms with E-state index in [0.29, 0.717) is 28.8 Å². The van der Waals surface area contributed by atoms with Crippen LogP contribution in [0, 0.1) is 10.1 Å². The summed E-state index contributed by atoms with van der Waals surface area (Å²) in [6.45, 7) is 6.16. The second-order valence-electron chi connectivity index (χ2n) is 8.59. The maximum Gasteiger partial charge on any atom is 0.269 e. The van der Waals surface area contributed by atoms with E-state index in [1.54, 1.807) is 39.8 Å². The minimum atomic E-state index is -0.513. The molecular formula is C29H28N4O4. The van der Waals surface area contributed by atoms with Gasteiger partial charge in [-0.15, -0.1) is 0 Å². The third kappa shape index (κ3) is 5.18. The standard InChI is InChI=1S/C29H28N4O4/c1-4-22-10-6-9-13-26(22)32-28(30-25-12-8-7-11-24(25)29(32)35)20(3)31(5-2)27(34)19-16-21-14-17-23(18-15-21)33(36)37/h6-20H,4-5H2,1-3H3/b19-16+. The molecule has 0 fully saturated rings. The fourth-order valence-electron chi connectivity index (χ4n) is 4.42. The molecule has 3 aromatic carbocycles. The van der Waals surface area contributed by atoms with E-state index >= 15 is 0 Å². The van der Waals surface area contributed by atoms with Gasteiger partial charge in [0.25, 0.3) is 11.2 Å². The second-order valence-corrected chi connectivity index (χ2v) is 8.59. The summed E-state index contributed by atoms with van der Waals surface area (Å²) in [7, 11) is 0. The Morgan fingerprint density at radius 1 is 1.05 bits per heavy atom. The van der Waals surface area contributed by atoms with Crippen molar-refractivity contribution < 1.29 is 9.72 Å². The second kappa shape index (κ2) is 11.0. The van der Waals surface area contributed by atoms with Crippen LogP contribution < -0.4 is 5.56 Å². The minimum Gasteiger partial charge on any atom is -0.330 e. The van der Waals surface area contributed by atoms with Crippen molar-refractivity contribution >= 4 is 28.6 Å². The van der Waals surface area contributed by atoms with Crippen LogP contribution in [0.1, 0.15) is 43.8 Å². The molecule has 0 aliphatic carbocycles. The Balaban J connectivity index is 1.77.